The highest BCUT2D eigenvalue weighted by Crippen LogP contribution is 2.61. The van der Waals surface area contributed by atoms with E-state index < -0.39 is 0 Å². The number of hydrogen-bond donors (Lipinski definition) is 1. The van der Waals surface area contributed by atoms with Gasteiger partial charge in [-0.2, -0.15) is 0 Å². The number of hydrogen-bond acceptors (Lipinski definition) is 3. The third kappa shape index (κ3) is 3.21. The van der Waals surface area contributed by atoms with Gasteiger partial charge in [0.1, 0.15) is 0 Å². The number of amides is 1. The molecule has 1 atom stereocenters. The summed E-state index contributed by atoms with van der Waals surface area (Å²) in [6, 6.07) is 5.65. The first-order valence-corrected chi connectivity index (χ1v) is 9.35. The smallest absolute Gasteiger partial charge is 0.221 e. The molecule has 0 radical (unpaired) electrons. The van der Waals surface area contributed by atoms with Gasteiger partial charge in [-0.25, -0.2) is 0 Å². The summed E-state index contributed by atoms with van der Waals surface area (Å²) in [5, 5.41) is 3.18. The van der Waals surface area contributed by atoms with Crippen LogP contribution in [0.3, 0.4) is 0 Å². The van der Waals surface area contributed by atoms with Crippen molar-refractivity contribution in [2.75, 3.05) is 13.7 Å². The lowest BCUT2D eigenvalue weighted by molar-refractivity contribution is -0.130. The molecule has 4 heteroatoms. The first-order chi connectivity index (χ1) is 11.7. The van der Waals surface area contributed by atoms with Crippen LogP contribution in [0, 0.1) is 23.2 Å². The molecule has 4 aliphatic rings. The van der Waals surface area contributed by atoms with E-state index in [2.05, 4.69) is 10.3 Å². The SMILES string of the molecule is COC[C@@H](NC(=O)CC12CC3CC(CC(C3)C1)C2)c1ccccn1. The summed E-state index contributed by atoms with van der Waals surface area (Å²) in [5.74, 6) is 2.82. The number of ether oxygens (including phenoxy) is 1. The third-order valence-electron chi connectivity index (χ3n) is 6.41. The topological polar surface area (TPSA) is 51.2 Å². The van der Waals surface area contributed by atoms with E-state index in [1.54, 1.807) is 13.3 Å². The molecule has 0 saturated heterocycles. The van der Waals surface area contributed by atoms with Crippen LogP contribution in [-0.4, -0.2) is 24.6 Å². The summed E-state index contributed by atoms with van der Waals surface area (Å²) in [5.41, 5.74) is 1.15. The fourth-order valence-corrected chi connectivity index (χ4v) is 6.04. The van der Waals surface area contributed by atoms with Gasteiger partial charge in [0.05, 0.1) is 18.3 Å². The van der Waals surface area contributed by atoms with Crippen molar-refractivity contribution in [3.63, 3.8) is 0 Å². The second-order valence-electron chi connectivity index (χ2n) is 8.42. The second-order valence-corrected chi connectivity index (χ2v) is 8.42. The minimum Gasteiger partial charge on any atom is -0.382 e. The number of nitrogens with one attached hydrogen (secondary N) is 1. The number of rotatable bonds is 6. The van der Waals surface area contributed by atoms with E-state index in [9.17, 15) is 4.79 Å². The van der Waals surface area contributed by atoms with Crippen LogP contribution in [0.15, 0.2) is 24.4 Å². The van der Waals surface area contributed by atoms with Crippen molar-refractivity contribution < 1.29 is 9.53 Å². The Kier molecular flexibility index (Phi) is 4.33. The molecule has 4 bridgehead atoms. The summed E-state index contributed by atoms with van der Waals surface area (Å²) < 4.78 is 5.30. The van der Waals surface area contributed by atoms with Gasteiger partial charge in [0.15, 0.2) is 0 Å². The van der Waals surface area contributed by atoms with E-state index in [0.29, 0.717) is 13.0 Å². The Hall–Kier alpha value is -1.42. The Bertz CT molecular complexity index is 551. The maximum absolute atomic E-state index is 12.8. The zero-order valence-corrected chi connectivity index (χ0v) is 14.5. The predicted molar refractivity (Wildman–Crippen MR) is 92.2 cm³/mol. The lowest BCUT2D eigenvalue weighted by atomic mass is 9.49. The van der Waals surface area contributed by atoms with Gasteiger partial charge in [0, 0.05) is 19.7 Å². The van der Waals surface area contributed by atoms with Crippen molar-refractivity contribution in [3.05, 3.63) is 30.1 Å². The maximum Gasteiger partial charge on any atom is 0.221 e. The van der Waals surface area contributed by atoms with E-state index in [4.69, 9.17) is 4.74 Å². The lowest BCUT2D eigenvalue weighted by Gasteiger charge is -2.56. The van der Waals surface area contributed by atoms with E-state index >= 15 is 0 Å². The highest BCUT2D eigenvalue weighted by molar-refractivity contribution is 5.77. The summed E-state index contributed by atoms with van der Waals surface area (Å²) >= 11 is 0. The Balaban J connectivity index is 1.42. The molecule has 130 valence electrons. The molecule has 24 heavy (non-hydrogen) atoms. The summed E-state index contributed by atoms with van der Waals surface area (Å²) in [6.45, 7) is 0.462. The maximum atomic E-state index is 12.8. The van der Waals surface area contributed by atoms with Crippen LogP contribution in [0.4, 0.5) is 0 Å². The molecule has 1 amide bonds. The van der Waals surface area contributed by atoms with Crippen LogP contribution < -0.4 is 5.32 Å². The second kappa shape index (κ2) is 6.47. The van der Waals surface area contributed by atoms with Gasteiger partial charge in [-0.05, 0) is 73.8 Å². The minimum atomic E-state index is -0.155. The van der Waals surface area contributed by atoms with Gasteiger partial charge in [-0.3, -0.25) is 9.78 Å². The highest BCUT2D eigenvalue weighted by atomic mass is 16.5. The molecular formula is C20H28N2O2. The fraction of sp³-hybridized carbons (Fsp3) is 0.700. The fourth-order valence-electron chi connectivity index (χ4n) is 6.04. The molecule has 4 aliphatic carbocycles. The molecule has 1 heterocycles. The van der Waals surface area contributed by atoms with Crippen molar-refractivity contribution in [1.82, 2.24) is 10.3 Å². The quantitative estimate of drug-likeness (QED) is 0.869. The van der Waals surface area contributed by atoms with Crippen molar-refractivity contribution >= 4 is 5.91 Å². The number of methoxy groups -OCH3 is 1. The number of nitrogens with zero attached hydrogens (tertiary/aromatic N) is 1. The van der Waals surface area contributed by atoms with E-state index in [-0.39, 0.29) is 17.4 Å². The molecule has 1 aromatic heterocycles. The Morgan fingerprint density at radius 1 is 1.25 bits per heavy atom. The molecule has 0 spiro atoms. The van der Waals surface area contributed by atoms with E-state index in [0.717, 1.165) is 23.4 Å². The largest absolute Gasteiger partial charge is 0.382 e. The number of carbonyl (C=O) groups is 1. The molecule has 0 aromatic carbocycles. The summed E-state index contributed by atoms with van der Waals surface area (Å²) in [4.78, 5) is 17.2. The van der Waals surface area contributed by atoms with Crippen LogP contribution in [-0.2, 0) is 9.53 Å². The minimum absolute atomic E-state index is 0.155. The Morgan fingerprint density at radius 2 is 1.92 bits per heavy atom. The number of pyridine rings is 1. The van der Waals surface area contributed by atoms with Gasteiger partial charge in [0.25, 0.3) is 0 Å². The van der Waals surface area contributed by atoms with Crippen molar-refractivity contribution in [2.45, 2.75) is 51.0 Å². The molecule has 4 saturated carbocycles. The Morgan fingerprint density at radius 3 is 2.46 bits per heavy atom. The molecule has 0 aliphatic heterocycles. The van der Waals surface area contributed by atoms with Gasteiger partial charge < -0.3 is 10.1 Å². The average Bonchev–Trinajstić information content (AvgIpc) is 2.53. The summed E-state index contributed by atoms with van der Waals surface area (Å²) in [7, 11) is 1.67. The third-order valence-corrected chi connectivity index (χ3v) is 6.41. The van der Waals surface area contributed by atoms with Crippen molar-refractivity contribution in [1.29, 1.82) is 0 Å². The van der Waals surface area contributed by atoms with Crippen LogP contribution in [0.2, 0.25) is 0 Å². The zero-order chi connectivity index (χ0) is 16.6. The monoisotopic (exact) mass is 328 g/mol. The van der Waals surface area contributed by atoms with Gasteiger partial charge >= 0.3 is 0 Å². The van der Waals surface area contributed by atoms with E-state index in [1.165, 1.54) is 38.5 Å². The van der Waals surface area contributed by atoms with Crippen LogP contribution in [0.25, 0.3) is 0 Å². The van der Waals surface area contributed by atoms with Crippen LogP contribution in [0.1, 0.15) is 56.7 Å². The Labute approximate surface area is 144 Å². The van der Waals surface area contributed by atoms with E-state index in [1.807, 2.05) is 18.2 Å². The standard InChI is InChI=1S/C20H28N2O2/c1-24-13-18(17-4-2-3-5-21-17)22-19(23)12-20-9-14-6-15(10-20)8-16(7-14)11-20/h2-5,14-16,18H,6-13H2,1H3,(H,22,23)/t14?,15?,16?,18-,20?/m1/s1. The van der Waals surface area contributed by atoms with Crippen molar-refractivity contribution in [3.8, 4) is 0 Å². The molecule has 4 fully saturated rings. The zero-order valence-electron chi connectivity index (χ0n) is 14.5. The normalized spacial score (nSPS) is 35.0. The average molecular weight is 328 g/mol. The molecule has 1 N–H and O–H groups in total. The molecule has 0 unspecified atom stereocenters. The number of aromatic nitrogens is 1. The molecule has 4 nitrogen and oxygen atoms in total. The summed E-state index contributed by atoms with van der Waals surface area (Å²) in [6.07, 6.45) is 10.5. The lowest BCUT2D eigenvalue weighted by Crippen LogP contribution is -2.48. The predicted octanol–water partition coefficient (Wildman–Crippen LogP) is 3.49. The van der Waals surface area contributed by atoms with Gasteiger partial charge in [-0.15, -0.1) is 0 Å². The van der Waals surface area contributed by atoms with Gasteiger partial charge in [0.2, 0.25) is 5.91 Å². The molecular weight excluding hydrogens is 300 g/mol. The van der Waals surface area contributed by atoms with Crippen LogP contribution in [0.5, 0.6) is 0 Å². The van der Waals surface area contributed by atoms with Crippen LogP contribution >= 0.6 is 0 Å². The first kappa shape index (κ1) is 16.1. The molecule has 5 rings (SSSR count). The van der Waals surface area contributed by atoms with Gasteiger partial charge in [-0.1, -0.05) is 6.07 Å². The highest BCUT2D eigenvalue weighted by Gasteiger charge is 2.51. The molecule has 1 aromatic rings. The first-order valence-electron chi connectivity index (χ1n) is 9.35. The van der Waals surface area contributed by atoms with Crippen molar-refractivity contribution in [2.24, 2.45) is 23.2 Å². The number of carbonyl (C=O) groups excluding carboxylic acids is 1.